The van der Waals surface area contributed by atoms with E-state index in [0.717, 1.165) is 10.7 Å². The standard InChI is InChI=1S/C19H17F4N5O3/c1-27-9-13(8-24-27)28-18(31)14(17(30)25-16(10-29)19(21,22)23)6-15(26-28)12-4-2-11(7-20)3-5-12/h2-6,8-9,16,29H,7,10H2,1H3,(H,25,30)/t16-/m1/s1. The molecule has 0 radical (unpaired) electrons. The first-order valence-corrected chi connectivity index (χ1v) is 8.91. The maximum absolute atomic E-state index is 12.9. The van der Waals surface area contributed by atoms with E-state index < -0.39 is 42.5 Å². The molecular weight excluding hydrogens is 422 g/mol. The van der Waals surface area contributed by atoms with Crippen LogP contribution in [0.15, 0.2) is 47.5 Å². The number of halogens is 4. The summed E-state index contributed by atoms with van der Waals surface area (Å²) in [5.74, 6) is -1.33. The van der Waals surface area contributed by atoms with Crippen molar-refractivity contribution in [1.29, 1.82) is 0 Å². The summed E-state index contributed by atoms with van der Waals surface area (Å²) < 4.78 is 53.8. The summed E-state index contributed by atoms with van der Waals surface area (Å²) in [4.78, 5) is 25.4. The number of amides is 1. The molecule has 0 unspecified atom stereocenters. The lowest BCUT2D eigenvalue weighted by Gasteiger charge is -2.19. The maximum atomic E-state index is 12.9. The summed E-state index contributed by atoms with van der Waals surface area (Å²) in [5, 5.41) is 18.7. The minimum Gasteiger partial charge on any atom is -0.394 e. The van der Waals surface area contributed by atoms with Crippen LogP contribution in [0.4, 0.5) is 17.6 Å². The highest BCUT2D eigenvalue weighted by Crippen LogP contribution is 2.21. The molecule has 0 aliphatic rings. The fraction of sp³-hybridized carbons (Fsp3) is 0.263. The molecule has 0 bridgehead atoms. The van der Waals surface area contributed by atoms with Crippen molar-refractivity contribution < 1.29 is 27.5 Å². The summed E-state index contributed by atoms with van der Waals surface area (Å²) in [6.07, 6.45) is -2.19. The molecule has 0 aliphatic carbocycles. The summed E-state index contributed by atoms with van der Waals surface area (Å²) in [7, 11) is 1.58. The Morgan fingerprint density at radius 1 is 1.26 bits per heavy atom. The van der Waals surface area contributed by atoms with Gasteiger partial charge in [0, 0.05) is 12.6 Å². The van der Waals surface area contributed by atoms with Gasteiger partial charge >= 0.3 is 6.18 Å². The quantitative estimate of drug-likeness (QED) is 0.570. The number of rotatable bonds is 6. The van der Waals surface area contributed by atoms with Crippen molar-refractivity contribution in [2.24, 2.45) is 7.05 Å². The Morgan fingerprint density at radius 3 is 2.45 bits per heavy atom. The number of nitrogens with one attached hydrogen (secondary N) is 1. The van der Waals surface area contributed by atoms with Crippen LogP contribution in [-0.4, -0.2) is 49.4 Å². The second-order valence-electron chi connectivity index (χ2n) is 6.61. The van der Waals surface area contributed by atoms with Gasteiger partial charge in [0.1, 0.15) is 24.0 Å². The predicted octanol–water partition coefficient (Wildman–Crippen LogP) is 1.76. The number of aryl methyl sites for hydroxylation is 1. The Hall–Kier alpha value is -3.54. The summed E-state index contributed by atoms with van der Waals surface area (Å²) >= 11 is 0. The van der Waals surface area contributed by atoms with Crippen LogP contribution in [0.2, 0.25) is 0 Å². The minimum atomic E-state index is -4.91. The highest BCUT2D eigenvalue weighted by atomic mass is 19.4. The normalized spacial score (nSPS) is 12.6. The molecule has 31 heavy (non-hydrogen) atoms. The summed E-state index contributed by atoms with van der Waals surface area (Å²) in [6.45, 7) is -2.09. The number of aliphatic hydroxyl groups is 1. The van der Waals surface area contributed by atoms with Crippen molar-refractivity contribution in [1.82, 2.24) is 24.9 Å². The smallest absolute Gasteiger partial charge is 0.394 e. The van der Waals surface area contributed by atoms with Crippen LogP contribution in [0.25, 0.3) is 16.9 Å². The first kappa shape index (κ1) is 22.2. The van der Waals surface area contributed by atoms with E-state index in [-0.39, 0.29) is 11.4 Å². The zero-order valence-corrected chi connectivity index (χ0v) is 16.1. The SMILES string of the molecule is Cn1cc(-n2nc(-c3ccc(CF)cc3)cc(C(=O)N[C@H](CO)C(F)(F)F)c2=O)cn1. The van der Waals surface area contributed by atoms with Crippen molar-refractivity contribution in [3.63, 3.8) is 0 Å². The molecule has 3 aromatic rings. The highest BCUT2D eigenvalue weighted by Gasteiger charge is 2.40. The number of alkyl halides is 4. The van der Waals surface area contributed by atoms with Crippen molar-refractivity contribution in [2.45, 2.75) is 18.9 Å². The molecule has 0 fully saturated rings. The third kappa shape index (κ3) is 4.79. The largest absolute Gasteiger partial charge is 0.410 e. The lowest BCUT2D eigenvalue weighted by atomic mass is 10.1. The highest BCUT2D eigenvalue weighted by molar-refractivity contribution is 5.95. The molecule has 3 rings (SSSR count). The first-order chi connectivity index (χ1) is 14.6. The molecule has 0 saturated carbocycles. The Morgan fingerprint density at radius 2 is 1.94 bits per heavy atom. The van der Waals surface area contributed by atoms with Gasteiger partial charge in [-0.1, -0.05) is 24.3 Å². The number of aromatic nitrogens is 4. The molecular formula is C19H17F4N5O3. The second-order valence-corrected chi connectivity index (χ2v) is 6.61. The number of hydrogen-bond donors (Lipinski definition) is 2. The van der Waals surface area contributed by atoms with Gasteiger partial charge in [0.2, 0.25) is 0 Å². The molecule has 0 saturated heterocycles. The monoisotopic (exact) mass is 439 g/mol. The van der Waals surface area contributed by atoms with Crippen LogP contribution >= 0.6 is 0 Å². The van der Waals surface area contributed by atoms with Gasteiger partial charge in [-0.15, -0.1) is 0 Å². The molecule has 2 aromatic heterocycles. The fourth-order valence-electron chi connectivity index (χ4n) is 2.72. The molecule has 1 atom stereocenters. The summed E-state index contributed by atoms with van der Waals surface area (Å²) in [5.41, 5.74) is -0.541. The number of hydrogen-bond acceptors (Lipinski definition) is 5. The van der Waals surface area contributed by atoms with Crippen molar-refractivity contribution in [2.75, 3.05) is 6.61 Å². The van der Waals surface area contributed by atoms with E-state index >= 15 is 0 Å². The van der Waals surface area contributed by atoms with Gasteiger partial charge in [-0.3, -0.25) is 14.3 Å². The first-order valence-electron chi connectivity index (χ1n) is 8.91. The zero-order chi connectivity index (χ0) is 22.8. The van der Waals surface area contributed by atoms with Crippen LogP contribution in [0.5, 0.6) is 0 Å². The van der Waals surface area contributed by atoms with Gasteiger partial charge in [-0.05, 0) is 11.6 Å². The van der Waals surface area contributed by atoms with E-state index in [0.29, 0.717) is 11.1 Å². The Balaban J connectivity index is 2.13. The van der Waals surface area contributed by atoms with Crippen molar-refractivity contribution in [3.8, 4) is 16.9 Å². The summed E-state index contributed by atoms with van der Waals surface area (Å²) in [6, 6.07) is 4.45. The second kappa shape index (κ2) is 8.68. The Bertz CT molecular complexity index is 1140. The van der Waals surface area contributed by atoms with Gasteiger partial charge in [0.15, 0.2) is 0 Å². The van der Waals surface area contributed by atoms with Gasteiger partial charge < -0.3 is 10.4 Å². The van der Waals surface area contributed by atoms with E-state index in [1.165, 1.54) is 41.3 Å². The number of carbonyl (C=O) groups excluding carboxylic acids is 1. The molecule has 2 heterocycles. The predicted molar refractivity (Wildman–Crippen MR) is 101 cm³/mol. The Kier molecular flexibility index (Phi) is 6.20. The lowest BCUT2D eigenvalue weighted by Crippen LogP contribution is -2.49. The van der Waals surface area contributed by atoms with E-state index in [2.05, 4.69) is 10.2 Å². The topological polar surface area (TPSA) is 102 Å². The average molecular weight is 439 g/mol. The lowest BCUT2D eigenvalue weighted by molar-refractivity contribution is -0.161. The Labute approximate surface area is 172 Å². The molecule has 0 spiro atoms. The van der Waals surface area contributed by atoms with Gasteiger partial charge in [-0.2, -0.15) is 28.1 Å². The van der Waals surface area contributed by atoms with Crippen LogP contribution < -0.4 is 10.9 Å². The van der Waals surface area contributed by atoms with Crippen molar-refractivity contribution >= 4 is 5.91 Å². The number of nitrogens with zero attached hydrogens (tertiary/aromatic N) is 4. The van der Waals surface area contributed by atoms with Crippen LogP contribution in [0.3, 0.4) is 0 Å². The molecule has 8 nitrogen and oxygen atoms in total. The molecule has 12 heteroatoms. The number of aliphatic hydroxyl groups excluding tert-OH is 1. The van der Waals surface area contributed by atoms with E-state index in [9.17, 15) is 27.2 Å². The third-order valence-electron chi connectivity index (χ3n) is 4.38. The number of carbonyl (C=O) groups is 1. The van der Waals surface area contributed by atoms with Gasteiger partial charge in [0.25, 0.3) is 11.5 Å². The molecule has 1 amide bonds. The zero-order valence-electron chi connectivity index (χ0n) is 16.1. The van der Waals surface area contributed by atoms with E-state index in [1.807, 2.05) is 0 Å². The van der Waals surface area contributed by atoms with Crippen LogP contribution in [0, 0.1) is 0 Å². The average Bonchev–Trinajstić information content (AvgIpc) is 3.17. The third-order valence-corrected chi connectivity index (χ3v) is 4.38. The van der Waals surface area contributed by atoms with Crippen molar-refractivity contribution in [3.05, 3.63) is 64.2 Å². The number of benzene rings is 1. The van der Waals surface area contributed by atoms with Gasteiger partial charge in [0.05, 0.1) is 24.7 Å². The van der Waals surface area contributed by atoms with E-state index in [1.54, 1.807) is 12.4 Å². The van der Waals surface area contributed by atoms with Crippen LogP contribution in [-0.2, 0) is 13.7 Å². The minimum absolute atomic E-state index is 0.0894. The fourth-order valence-corrected chi connectivity index (χ4v) is 2.72. The molecule has 0 aliphatic heterocycles. The van der Waals surface area contributed by atoms with E-state index in [4.69, 9.17) is 5.11 Å². The maximum Gasteiger partial charge on any atom is 0.410 e. The molecule has 164 valence electrons. The molecule has 2 N–H and O–H groups in total. The molecule has 1 aromatic carbocycles. The van der Waals surface area contributed by atoms with Gasteiger partial charge in [-0.25, -0.2) is 4.39 Å². The van der Waals surface area contributed by atoms with Crippen LogP contribution in [0.1, 0.15) is 15.9 Å².